The maximum absolute atomic E-state index is 13.6. The fraction of sp³-hybridized carbons (Fsp3) is 0.571. The average Bonchev–Trinajstić information content (AvgIpc) is 2.81. The van der Waals surface area contributed by atoms with Gasteiger partial charge >= 0.3 is 6.18 Å². The summed E-state index contributed by atoms with van der Waals surface area (Å²) in [6.45, 7) is 6.29. The lowest BCUT2D eigenvalue weighted by Crippen LogP contribution is -2.63. The van der Waals surface area contributed by atoms with Crippen LogP contribution in [0, 0.1) is 12.3 Å². The van der Waals surface area contributed by atoms with Crippen molar-refractivity contribution in [2.24, 2.45) is 5.41 Å². The van der Waals surface area contributed by atoms with E-state index in [4.69, 9.17) is 4.74 Å². The predicted molar refractivity (Wildman–Crippen MR) is 138 cm³/mol. The van der Waals surface area contributed by atoms with E-state index in [1.165, 1.54) is 19.1 Å². The minimum atomic E-state index is -4.48. The molecule has 38 heavy (non-hydrogen) atoms. The molecule has 0 radical (unpaired) electrons. The topological polar surface area (TPSA) is 75.6 Å². The molecule has 1 aliphatic carbocycles. The summed E-state index contributed by atoms with van der Waals surface area (Å²) in [4.78, 5) is 29.0. The molecule has 3 fully saturated rings. The number of halogens is 3. The fourth-order valence-corrected chi connectivity index (χ4v) is 6.54. The van der Waals surface area contributed by atoms with Gasteiger partial charge in [0.25, 0.3) is 11.5 Å². The number of nitrogens with zero attached hydrogens (tertiary/aromatic N) is 2. The summed E-state index contributed by atoms with van der Waals surface area (Å²) in [5.74, 6) is -0.435. The van der Waals surface area contributed by atoms with Crippen LogP contribution in [0.1, 0.15) is 71.7 Å². The Morgan fingerprint density at radius 2 is 1.87 bits per heavy atom. The molecule has 1 unspecified atom stereocenters. The Balaban J connectivity index is 1.41. The van der Waals surface area contributed by atoms with Crippen LogP contribution >= 0.6 is 0 Å². The summed E-state index contributed by atoms with van der Waals surface area (Å²) in [5.41, 5.74) is 0.693. The molecule has 3 heterocycles. The number of rotatable bonds is 6. The first-order valence-electron chi connectivity index (χ1n) is 13.2. The summed E-state index contributed by atoms with van der Waals surface area (Å²) in [6, 6.07) is 4.91. The third-order valence-corrected chi connectivity index (χ3v) is 8.33. The Morgan fingerprint density at radius 3 is 2.50 bits per heavy atom. The number of hydrogen-bond donors (Lipinski definition) is 2. The van der Waals surface area contributed by atoms with Crippen LogP contribution in [0.25, 0.3) is 0 Å². The molecule has 2 N–H and O–H groups in total. The number of nitrogens with one attached hydrogen (secondary N) is 2. The number of hydrogen-bond acceptors (Lipinski definition) is 5. The second-order valence-corrected chi connectivity index (χ2v) is 11.3. The normalized spacial score (nSPS) is 21.0. The van der Waals surface area contributed by atoms with Crippen LogP contribution in [0.5, 0.6) is 0 Å². The molecule has 10 heteroatoms. The van der Waals surface area contributed by atoms with E-state index in [0.717, 1.165) is 32.0 Å². The van der Waals surface area contributed by atoms with Crippen LogP contribution in [0.2, 0.25) is 0 Å². The van der Waals surface area contributed by atoms with E-state index in [-0.39, 0.29) is 23.2 Å². The van der Waals surface area contributed by atoms with Crippen LogP contribution in [0.3, 0.4) is 0 Å². The van der Waals surface area contributed by atoms with E-state index in [1.807, 2.05) is 0 Å². The lowest BCUT2D eigenvalue weighted by molar-refractivity contribution is -0.138. The molecular formula is C28H35F3N4O3. The van der Waals surface area contributed by atoms with Gasteiger partial charge in [0, 0.05) is 50.7 Å². The van der Waals surface area contributed by atoms with Crippen LogP contribution in [0.15, 0.2) is 35.3 Å². The third kappa shape index (κ3) is 5.20. The number of amides is 1. The van der Waals surface area contributed by atoms with Crippen molar-refractivity contribution in [3.05, 3.63) is 63.1 Å². The minimum Gasteiger partial charge on any atom is -0.381 e. The van der Waals surface area contributed by atoms with Crippen LogP contribution < -0.4 is 16.2 Å². The van der Waals surface area contributed by atoms with Crippen molar-refractivity contribution >= 4 is 11.6 Å². The van der Waals surface area contributed by atoms with Crippen molar-refractivity contribution in [3.8, 4) is 0 Å². The minimum absolute atomic E-state index is 0.0718. The Morgan fingerprint density at radius 1 is 1.18 bits per heavy atom. The van der Waals surface area contributed by atoms with E-state index < -0.39 is 23.7 Å². The van der Waals surface area contributed by atoms with Crippen LogP contribution in [0.4, 0.5) is 18.9 Å². The number of pyridine rings is 1. The Labute approximate surface area is 220 Å². The fourth-order valence-electron chi connectivity index (χ4n) is 6.54. The van der Waals surface area contributed by atoms with Gasteiger partial charge in [0.1, 0.15) is 0 Å². The number of alkyl halides is 3. The van der Waals surface area contributed by atoms with Gasteiger partial charge in [-0.05, 0) is 69.2 Å². The highest BCUT2D eigenvalue weighted by atomic mass is 19.4. The highest BCUT2D eigenvalue weighted by molar-refractivity contribution is 5.99. The van der Waals surface area contributed by atoms with Crippen molar-refractivity contribution < 1.29 is 22.7 Å². The SMILES string of the molecule is Cc1c(C(C)NC(=O)c2cn(C3CCOCC3)c(=O)cc2NC2CC3(C2)CN(C)C3)cccc1C(F)(F)F. The molecule has 0 bridgehead atoms. The van der Waals surface area contributed by atoms with Gasteiger partial charge in [0.05, 0.1) is 22.9 Å². The number of aromatic nitrogens is 1. The van der Waals surface area contributed by atoms with Crippen molar-refractivity contribution in [2.45, 2.75) is 63.8 Å². The van der Waals surface area contributed by atoms with E-state index in [2.05, 4.69) is 22.6 Å². The molecular weight excluding hydrogens is 497 g/mol. The largest absolute Gasteiger partial charge is 0.416 e. The average molecular weight is 533 g/mol. The Kier molecular flexibility index (Phi) is 7.06. The van der Waals surface area contributed by atoms with Gasteiger partial charge in [-0.25, -0.2) is 0 Å². The van der Waals surface area contributed by atoms with Crippen molar-refractivity contribution in [1.82, 2.24) is 14.8 Å². The molecule has 2 saturated heterocycles. The van der Waals surface area contributed by atoms with E-state index in [9.17, 15) is 22.8 Å². The second-order valence-electron chi connectivity index (χ2n) is 11.3. The lowest BCUT2D eigenvalue weighted by atomic mass is 9.61. The number of benzene rings is 1. The van der Waals surface area contributed by atoms with E-state index >= 15 is 0 Å². The summed E-state index contributed by atoms with van der Waals surface area (Å²) in [6.07, 6.45) is 0.420. The number of carbonyl (C=O) groups excluding carboxylic acids is 1. The third-order valence-electron chi connectivity index (χ3n) is 8.33. The number of likely N-dealkylation sites (tertiary alicyclic amines) is 1. The number of ether oxygens (including phenoxy) is 1. The van der Waals surface area contributed by atoms with Crippen LogP contribution in [-0.4, -0.2) is 54.8 Å². The molecule has 1 amide bonds. The standard InChI is InChI=1S/C28H35F3N4O3/c1-17-21(5-4-6-23(17)28(29,30)31)18(2)32-26(37)22-14-35(20-7-9-38-10-8-20)25(36)11-24(22)33-19-12-27(13-19)15-34(3)16-27/h4-6,11,14,18-20,33H,7-10,12-13,15-16H2,1-3H3,(H,32,37). The van der Waals surface area contributed by atoms with Crippen LogP contribution in [-0.2, 0) is 10.9 Å². The molecule has 5 rings (SSSR count). The summed E-state index contributed by atoms with van der Waals surface area (Å²) in [7, 11) is 2.09. The maximum atomic E-state index is 13.6. The first-order valence-corrected chi connectivity index (χ1v) is 13.2. The molecule has 7 nitrogen and oxygen atoms in total. The first-order chi connectivity index (χ1) is 18.0. The molecule has 2 aromatic rings. The molecule has 1 aromatic heterocycles. The van der Waals surface area contributed by atoms with Gasteiger partial charge < -0.3 is 24.8 Å². The molecule has 1 spiro atoms. The van der Waals surface area contributed by atoms with Gasteiger partial charge in [-0.2, -0.15) is 13.2 Å². The molecule has 3 aliphatic rings. The molecule has 2 aliphatic heterocycles. The van der Waals surface area contributed by atoms with E-state index in [1.54, 1.807) is 23.8 Å². The van der Waals surface area contributed by atoms with Gasteiger partial charge in [0.15, 0.2) is 0 Å². The lowest BCUT2D eigenvalue weighted by Gasteiger charge is -2.58. The molecule has 1 aromatic carbocycles. The molecule has 1 saturated carbocycles. The van der Waals surface area contributed by atoms with Crippen molar-refractivity contribution in [3.63, 3.8) is 0 Å². The van der Waals surface area contributed by atoms with E-state index in [0.29, 0.717) is 48.3 Å². The summed E-state index contributed by atoms with van der Waals surface area (Å²) in [5, 5.41) is 6.31. The number of anilines is 1. The zero-order valence-corrected chi connectivity index (χ0v) is 22.0. The highest BCUT2D eigenvalue weighted by Crippen LogP contribution is 2.48. The second kappa shape index (κ2) is 10.0. The zero-order valence-electron chi connectivity index (χ0n) is 22.0. The van der Waals surface area contributed by atoms with Crippen molar-refractivity contribution in [1.29, 1.82) is 0 Å². The quantitative estimate of drug-likeness (QED) is 0.572. The van der Waals surface area contributed by atoms with Gasteiger partial charge in [-0.3, -0.25) is 9.59 Å². The first kappa shape index (κ1) is 26.7. The summed E-state index contributed by atoms with van der Waals surface area (Å²) >= 11 is 0. The van der Waals surface area contributed by atoms with Gasteiger partial charge in [-0.1, -0.05) is 12.1 Å². The summed E-state index contributed by atoms with van der Waals surface area (Å²) < 4.78 is 47.4. The molecule has 1 atom stereocenters. The Hall–Kier alpha value is -2.85. The highest BCUT2D eigenvalue weighted by Gasteiger charge is 2.51. The number of carbonyl (C=O) groups is 1. The van der Waals surface area contributed by atoms with Crippen molar-refractivity contribution in [2.75, 3.05) is 38.7 Å². The zero-order chi connectivity index (χ0) is 27.2. The Bertz CT molecular complexity index is 1250. The molecule has 206 valence electrons. The van der Waals surface area contributed by atoms with Gasteiger partial charge in [0.2, 0.25) is 0 Å². The maximum Gasteiger partial charge on any atom is 0.416 e. The monoisotopic (exact) mass is 532 g/mol. The van der Waals surface area contributed by atoms with Gasteiger partial charge in [-0.15, -0.1) is 0 Å². The smallest absolute Gasteiger partial charge is 0.381 e. The predicted octanol–water partition coefficient (Wildman–Crippen LogP) is 4.52.